The first kappa shape index (κ1) is 20.2. The lowest BCUT2D eigenvalue weighted by Gasteiger charge is -2.16. The van der Waals surface area contributed by atoms with Gasteiger partial charge < -0.3 is 10.2 Å². The maximum Gasteiger partial charge on any atom is 0.193 e. The van der Waals surface area contributed by atoms with Crippen LogP contribution in [0.5, 0.6) is 0 Å². The van der Waals surface area contributed by atoms with Gasteiger partial charge in [-0.25, -0.2) is 0 Å². The summed E-state index contributed by atoms with van der Waals surface area (Å²) in [4.78, 5) is 6.63. The Labute approximate surface area is 147 Å². The van der Waals surface area contributed by atoms with E-state index in [1.807, 2.05) is 19.0 Å². The van der Waals surface area contributed by atoms with Crippen molar-refractivity contribution in [1.29, 1.82) is 0 Å². The molecule has 0 unspecified atom stereocenters. The van der Waals surface area contributed by atoms with Crippen LogP contribution in [0.15, 0.2) is 29.3 Å². The summed E-state index contributed by atoms with van der Waals surface area (Å²) < 4.78 is 0. The second-order valence-electron chi connectivity index (χ2n) is 5.63. The van der Waals surface area contributed by atoms with Gasteiger partial charge in [0.05, 0.1) is 0 Å². The number of hydrogen-bond acceptors (Lipinski definition) is 1. The van der Waals surface area contributed by atoms with Crippen molar-refractivity contribution in [3.05, 3.63) is 35.4 Å². The predicted molar refractivity (Wildman–Crippen MR) is 104 cm³/mol. The highest BCUT2D eigenvalue weighted by atomic mass is 127. The van der Waals surface area contributed by atoms with Crippen molar-refractivity contribution in [1.82, 2.24) is 10.2 Å². The fourth-order valence-electron chi connectivity index (χ4n) is 2.05. The van der Waals surface area contributed by atoms with E-state index in [1.165, 1.54) is 11.1 Å². The molecular formula is C17H30IN3. The highest BCUT2D eigenvalue weighted by Gasteiger charge is 2.00. The van der Waals surface area contributed by atoms with Gasteiger partial charge in [0, 0.05) is 27.2 Å². The van der Waals surface area contributed by atoms with E-state index in [1.54, 1.807) is 0 Å². The zero-order valence-corrected chi connectivity index (χ0v) is 16.3. The average molecular weight is 403 g/mol. The maximum absolute atomic E-state index is 4.61. The van der Waals surface area contributed by atoms with Crippen LogP contribution in [0.1, 0.15) is 44.2 Å². The molecule has 0 amide bonds. The van der Waals surface area contributed by atoms with Crippen LogP contribution in [0.2, 0.25) is 0 Å². The molecule has 0 fully saturated rings. The smallest absolute Gasteiger partial charge is 0.193 e. The van der Waals surface area contributed by atoms with E-state index in [-0.39, 0.29) is 24.0 Å². The molecule has 1 aromatic carbocycles. The Bertz CT molecular complexity index is 411. The van der Waals surface area contributed by atoms with Crippen molar-refractivity contribution < 1.29 is 0 Å². The minimum Gasteiger partial charge on any atom is -0.357 e. The van der Waals surface area contributed by atoms with Crippen LogP contribution in [0.3, 0.4) is 0 Å². The van der Waals surface area contributed by atoms with E-state index in [2.05, 4.69) is 55.3 Å². The molecule has 0 saturated heterocycles. The molecule has 0 bridgehead atoms. The van der Waals surface area contributed by atoms with Crippen molar-refractivity contribution >= 4 is 29.9 Å². The van der Waals surface area contributed by atoms with E-state index >= 15 is 0 Å². The molecule has 0 saturated carbocycles. The number of halogens is 1. The fourth-order valence-corrected chi connectivity index (χ4v) is 2.05. The third kappa shape index (κ3) is 7.69. The zero-order chi connectivity index (χ0) is 15.0. The summed E-state index contributed by atoms with van der Waals surface area (Å²) in [5.41, 5.74) is 2.81. The van der Waals surface area contributed by atoms with Gasteiger partial charge >= 0.3 is 0 Å². The van der Waals surface area contributed by atoms with Gasteiger partial charge in [-0.15, -0.1) is 24.0 Å². The van der Waals surface area contributed by atoms with E-state index in [0.717, 1.165) is 31.9 Å². The second-order valence-corrected chi connectivity index (χ2v) is 5.63. The number of aryl methyl sites for hydroxylation is 1. The monoisotopic (exact) mass is 403 g/mol. The number of hydrogen-bond donors (Lipinski definition) is 1. The lowest BCUT2D eigenvalue weighted by Crippen LogP contribution is -2.36. The van der Waals surface area contributed by atoms with Crippen LogP contribution < -0.4 is 5.32 Å². The van der Waals surface area contributed by atoms with Crippen LogP contribution in [-0.4, -0.2) is 38.0 Å². The van der Waals surface area contributed by atoms with Crippen LogP contribution in [0.4, 0.5) is 0 Å². The molecule has 0 radical (unpaired) electrons. The summed E-state index contributed by atoms with van der Waals surface area (Å²) in [5, 5.41) is 3.28. The Hall–Kier alpha value is -0.780. The van der Waals surface area contributed by atoms with E-state index in [0.29, 0.717) is 5.92 Å². The van der Waals surface area contributed by atoms with Gasteiger partial charge in [-0.1, -0.05) is 38.1 Å². The Morgan fingerprint density at radius 2 is 1.81 bits per heavy atom. The van der Waals surface area contributed by atoms with Crippen molar-refractivity contribution in [3.63, 3.8) is 0 Å². The first-order chi connectivity index (χ1) is 9.54. The predicted octanol–water partition coefficient (Wildman–Crippen LogP) is 3.89. The highest BCUT2D eigenvalue weighted by molar-refractivity contribution is 14.0. The largest absolute Gasteiger partial charge is 0.357 e. The molecule has 4 heteroatoms. The Kier molecular flexibility index (Phi) is 10.5. The van der Waals surface area contributed by atoms with E-state index < -0.39 is 0 Å². The van der Waals surface area contributed by atoms with Crippen LogP contribution >= 0.6 is 24.0 Å². The number of aliphatic imine (C=N–C) groups is 1. The molecule has 0 atom stereocenters. The first-order valence-corrected chi connectivity index (χ1v) is 7.59. The van der Waals surface area contributed by atoms with Gasteiger partial charge in [0.2, 0.25) is 0 Å². The van der Waals surface area contributed by atoms with Crippen LogP contribution in [-0.2, 0) is 6.42 Å². The second kappa shape index (κ2) is 10.9. The molecule has 0 aliphatic rings. The Morgan fingerprint density at radius 3 is 2.29 bits per heavy atom. The van der Waals surface area contributed by atoms with Gasteiger partial charge in [0.1, 0.15) is 0 Å². The topological polar surface area (TPSA) is 27.6 Å². The Morgan fingerprint density at radius 1 is 1.19 bits per heavy atom. The summed E-state index contributed by atoms with van der Waals surface area (Å²) in [7, 11) is 4.04. The first-order valence-electron chi connectivity index (χ1n) is 7.59. The maximum atomic E-state index is 4.61. The lowest BCUT2D eigenvalue weighted by molar-refractivity contribution is 0.582. The SMILES string of the molecule is CCNC(=NCCCc1ccc(C(C)C)cc1)N(C)C.I. The molecule has 0 aliphatic carbocycles. The van der Waals surface area contributed by atoms with Crippen molar-refractivity contribution in [2.75, 3.05) is 27.2 Å². The van der Waals surface area contributed by atoms with Gasteiger partial charge in [-0.2, -0.15) is 0 Å². The average Bonchev–Trinajstić information content (AvgIpc) is 2.42. The minimum absolute atomic E-state index is 0. The number of nitrogens with zero attached hydrogens (tertiary/aromatic N) is 2. The molecule has 0 aliphatic heterocycles. The molecule has 1 aromatic rings. The zero-order valence-electron chi connectivity index (χ0n) is 14.0. The quantitative estimate of drug-likeness (QED) is 0.338. The number of rotatable bonds is 6. The fraction of sp³-hybridized carbons (Fsp3) is 0.588. The standard InChI is InChI=1S/C17H29N3.HI/c1-6-18-17(20(4)5)19-13-7-8-15-9-11-16(12-10-15)14(2)3;/h9-12,14H,6-8,13H2,1-5H3,(H,18,19);1H. The summed E-state index contributed by atoms with van der Waals surface area (Å²) in [6.07, 6.45) is 2.18. The number of benzene rings is 1. The number of guanidine groups is 1. The van der Waals surface area contributed by atoms with Gasteiger partial charge in [-0.3, -0.25) is 4.99 Å². The molecule has 1 rings (SSSR count). The van der Waals surface area contributed by atoms with Crippen molar-refractivity contribution in [3.8, 4) is 0 Å². The van der Waals surface area contributed by atoms with Crippen LogP contribution in [0, 0.1) is 0 Å². The molecule has 21 heavy (non-hydrogen) atoms. The Balaban J connectivity index is 0.00000400. The van der Waals surface area contributed by atoms with Gasteiger partial charge in [0.25, 0.3) is 0 Å². The minimum atomic E-state index is 0. The third-order valence-corrected chi connectivity index (χ3v) is 3.29. The molecular weight excluding hydrogens is 373 g/mol. The van der Waals surface area contributed by atoms with Crippen molar-refractivity contribution in [2.45, 2.75) is 39.5 Å². The molecule has 3 nitrogen and oxygen atoms in total. The van der Waals surface area contributed by atoms with Crippen molar-refractivity contribution in [2.24, 2.45) is 4.99 Å². The van der Waals surface area contributed by atoms with Gasteiger partial charge in [-0.05, 0) is 36.8 Å². The molecule has 0 heterocycles. The molecule has 0 aromatic heterocycles. The highest BCUT2D eigenvalue weighted by Crippen LogP contribution is 2.15. The summed E-state index contributed by atoms with van der Waals surface area (Å²) in [6, 6.07) is 8.98. The normalized spacial score (nSPS) is 11.2. The lowest BCUT2D eigenvalue weighted by atomic mass is 10.0. The van der Waals surface area contributed by atoms with Gasteiger partial charge in [0.15, 0.2) is 5.96 Å². The molecule has 120 valence electrons. The summed E-state index contributed by atoms with van der Waals surface area (Å²) >= 11 is 0. The summed E-state index contributed by atoms with van der Waals surface area (Å²) in [6.45, 7) is 8.33. The third-order valence-electron chi connectivity index (χ3n) is 3.29. The number of nitrogens with one attached hydrogen (secondary N) is 1. The van der Waals surface area contributed by atoms with E-state index in [4.69, 9.17) is 0 Å². The molecule has 1 N–H and O–H groups in total. The molecule has 0 spiro atoms. The van der Waals surface area contributed by atoms with Crippen LogP contribution in [0.25, 0.3) is 0 Å². The van der Waals surface area contributed by atoms with E-state index in [9.17, 15) is 0 Å². The summed E-state index contributed by atoms with van der Waals surface area (Å²) in [5.74, 6) is 1.58.